The van der Waals surface area contributed by atoms with Crippen LogP contribution in [-0.2, 0) is 20.7 Å². The maximum Gasteiger partial charge on any atom is 0.277 e. The van der Waals surface area contributed by atoms with E-state index in [4.69, 9.17) is 9.47 Å². The van der Waals surface area contributed by atoms with Crippen LogP contribution in [0.25, 0.3) is 5.57 Å². The van der Waals surface area contributed by atoms with E-state index >= 15 is 0 Å². The van der Waals surface area contributed by atoms with Gasteiger partial charge in [0.25, 0.3) is 11.8 Å². The number of morpholine rings is 1. The molecule has 2 aliphatic rings. The monoisotopic (exact) mass is 406 g/mol. The van der Waals surface area contributed by atoms with Gasteiger partial charge in [0.1, 0.15) is 11.4 Å². The van der Waals surface area contributed by atoms with Crippen molar-refractivity contribution in [1.29, 1.82) is 0 Å². The molecule has 0 spiro atoms. The van der Waals surface area contributed by atoms with Gasteiger partial charge in [0.05, 0.1) is 25.9 Å². The summed E-state index contributed by atoms with van der Waals surface area (Å²) in [4.78, 5) is 30.0. The van der Waals surface area contributed by atoms with Gasteiger partial charge in [0.2, 0.25) is 0 Å². The lowest BCUT2D eigenvalue weighted by Crippen LogP contribution is -2.40. The molecular formula is C24H26N2O4. The van der Waals surface area contributed by atoms with E-state index in [9.17, 15) is 9.59 Å². The third kappa shape index (κ3) is 3.96. The molecule has 0 aliphatic carbocycles. The van der Waals surface area contributed by atoms with Crippen molar-refractivity contribution in [2.75, 3.05) is 40.0 Å². The van der Waals surface area contributed by atoms with Crippen molar-refractivity contribution < 1.29 is 19.1 Å². The average Bonchev–Trinajstić information content (AvgIpc) is 3.03. The summed E-state index contributed by atoms with van der Waals surface area (Å²) < 4.78 is 10.6. The molecule has 156 valence electrons. The molecule has 2 amide bonds. The van der Waals surface area contributed by atoms with Gasteiger partial charge < -0.3 is 14.4 Å². The quantitative estimate of drug-likeness (QED) is 0.691. The van der Waals surface area contributed by atoms with Crippen LogP contribution in [0.3, 0.4) is 0 Å². The largest absolute Gasteiger partial charge is 0.497 e. The number of methoxy groups -OCH3 is 1. The fraction of sp³-hybridized carbons (Fsp3) is 0.333. The molecule has 0 atom stereocenters. The SMILES string of the molecule is COc1ccc(CCN2C(=O)C(c3ccc(C)cc3)=C(N3CCOCC3)C2=O)cc1. The molecule has 1 saturated heterocycles. The van der Waals surface area contributed by atoms with Crippen molar-refractivity contribution in [3.8, 4) is 5.75 Å². The van der Waals surface area contributed by atoms with Gasteiger partial charge >= 0.3 is 0 Å². The normalized spacial score (nSPS) is 17.1. The molecule has 4 rings (SSSR count). The number of hydrogen-bond donors (Lipinski definition) is 0. The first-order valence-corrected chi connectivity index (χ1v) is 10.2. The number of amides is 2. The lowest BCUT2D eigenvalue weighted by atomic mass is 10.0. The smallest absolute Gasteiger partial charge is 0.277 e. The molecule has 0 radical (unpaired) electrons. The highest BCUT2D eigenvalue weighted by Crippen LogP contribution is 2.32. The molecule has 0 saturated carbocycles. The minimum Gasteiger partial charge on any atom is -0.497 e. The van der Waals surface area contributed by atoms with E-state index in [0.717, 1.165) is 22.4 Å². The van der Waals surface area contributed by atoms with E-state index in [1.165, 1.54) is 4.90 Å². The van der Waals surface area contributed by atoms with Gasteiger partial charge in [-0.3, -0.25) is 14.5 Å². The van der Waals surface area contributed by atoms with Crippen LogP contribution in [0.2, 0.25) is 0 Å². The Morgan fingerprint density at radius 2 is 1.60 bits per heavy atom. The molecule has 6 nitrogen and oxygen atoms in total. The second-order valence-corrected chi connectivity index (χ2v) is 7.55. The molecule has 2 aliphatic heterocycles. The molecule has 0 unspecified atom stereocenters. The highest BCUT2D eigenvalue weighted by atomic mass is 16.5. The molecule has 1 fully saturated rings. The van der Waals surface area contributed by atoms with Gasteiger partial charge in [-0.1, -0.05) is 42.0 Å². The van der Waals surface area contributed by atoms with Crippen molar-refractivity contribution in [2.24, 2.45) is 0 Å². The highest BCUT2D eigenvalue weighted by Gasteiger charge is 2.41. The molecule has 2 aromatic rings. The third-order valence-corrected chi connectivity index (χ3v) is 5.59. The lowest BCUT2D eigenvalue weighted by molar-refractivity contribution is -0.137. The molecule has 0 aromatic heterocycles. The van der Waals surface area contributed by atoms with E-state index < -0.39 is 0 Å². The van der Waals surface area contributed by atoms with Gasteiger partial charge in [0, 0.05) is 19.6 Å². The Morgan fingerprint density at radius 1 is 0.933 bits per heavy atom. The predicted octanol–water partition coefficient (Wildman–Crippen LogP) is 2.66. The number of aryl methyl sites for hydroxylation is 1. The van der Waals surface area contributed by atoms with Crippen LogP contribution >= 0.6 is 0 Å². The van der Waals surface area contributed by atoms with Crippen LogP contribution in [0.1, 0.15) is 16.7 Å². The fourth-order valence-corrected chi connectivity index (χ4v) is 3.86. The van der Waals surface area contributed by atoms with E-state index in [1.807, 2.05) is 60.4 Å². The maximum absolute atomic E-state index is 13.3. The van der Waals surface area contributed by atoms with Gasteiger partial charge in [-0.2, -0.15) is 0 Å². The summed E-state index contributed by atoms with van der Waals surface area (Å²) in [6.45, 7) is 4.67. The summed E-state index contributed by atoms with van der Waals surface area (Å²) in [7, 11) is 1.63. The Labute approximate surface area is 176 Å². The van der Waals surface area contributed by atoms with E-state index in [-0.39, 0.29) is 11.8 Å². The summed E-state index contributed by atoms with van der Waals surface area (Å²) in [6, 6.07) is 15.5. The number of hydrogen-bond acceptors (Lipinski definition) is 5. The van der Waals surface area contributed by atoms with Crippen molar-refractivity contribution in [1.82, 2.24) is 9.80 Å². The van der Waals surface area contributed by atoms with E-state index in [1.54, 1.807) is 7.11 Å². The van der Waals surface area contributed by atoms with Crippen molar-refractivity contribution in [3.63, 3.8) is 0 Å². The predicted molar refractivity (Wildman–Crippen MR) is 114 cm³/mol. The topological polar surface area (TPSA) is 59.1 Å². The Morgan fingerprint density at radius 3 is 2.23 bits per heavy atom. The highest BCUT2D eigenvalue weighted by molar-refractivity contribution is 6.35. The summed E-state index contributed by atoms with van der Waals surface area (Å²) in [6.07, 6.45) is 0.596. The summed E-state index contributed by atoms with van der Waals surface area (Å²) >= 11 is 0. The first-order valence-electron chi connectivity index (χ1n) is 10.2. The summed E-state index contributed by atoms with van der Waals surface area (Å²) in [5, 5.41) is 0. The molecule has 30 heavy (non-hydrogen) atoms. The standard InChI is InChI=1S/C24H26N2O4/c1-17-3-7-19(8-4-17)21-22(25-13-15-30-16-14-25)24(28)26(23(21)27)12-11-18-5-9-20(29-2)10-6-18/h3-10H,11-16H2,1-2H3. The molecule has 0 N–H and O–H groups in total. The Hall–Kier alpha value is -3.12. The second-order valence-electron chi connectivity index (χ2n) is 7.55. The number of benzene rings is 2. The lowest BCUT2D eigenvalue weighted by Gasteiger charge is -2.29. The minimum absolute atomic E-state index is 0.217. The summed E-state index contributed by atoms with van der Waals surface area (Å²) in [5.74, 6) is 0.342. The van der Waals surface area contributed by atoms with E-state index in [2.05, 4.69) is 0 Å². The van der Waals surface area contributed by atoms with Crippen molar-refractivity contribution in [3.05, 3.63) is 70.9 Å². The number of rotatable bonds is 6. The van der Waals surface area contributed by atoms with Crippen molar-refractivity contribution in [2.45, 2.75) is 13.3 Å². The number of ether oxygens (including phenoxy) is 2. The second kappa shape index (κ2) is 8.71. The zero-order chi connectivity index (χ0) is 21.1. The van der Waals surface area contributed by atoms with Crippen LogP contribution in [0.4, 0.5) is 0 Å². The molecule has 6 heteroatoms. The fourth-order valence-electron chi connectivity index (χ4n) is 3.86. The minimum atomic E-state index is -0.223. The summed E-state index contributed by atoms with van der Waals surface area (Å²) in [5.41, 5.74) is 3.94. The number of imide groups is 1. The van der Waals surface area contributed by atoms with Crippen LogP contribution in [0.5, 0.6) is 5.75 Å². The zero-order valence-electron chi connectivity index (χ0n) is 17.4. The first kappa shape index (κ1) is 20.2. The van der Waals surface area contributed by atoms with Gasteiger partial charge in [0.15, 0.2) is 0 Å². The molecule has 2 heterocycles. The van der Waals surface area contributed by atoms with Crippen LogP contribution in [0, 0.1) is 6.92 Å². The molecule has 0 bridgehead atoms. The number of nitrogens with zero attached hydrogens (tertiary/aromatic N) is 2. The molecular weight excluding hydrogens is 380 g/mol. The Bertz CT molecular complexity index is 958. The Kier molecular flexibility index (Phi) is 5.86. The zero-order valence-corrected chi connectivity index (χ0v) is 17.4. The molecule has 2 aromatic carbocycles. The van der Waals surface area contributed by atoms with Crippen molar-refractivity contribution >= 4 is 17.4 Å². The van der Waals surface area contributed by atoms with Gasteiger partial charge in [-0.15, -0.1) is 0 Å². The van der Waals surface area contributed by atoms with Gasteiger partial charge in [-0.05, 0) is 36.6 Å². The third-order valence-electron chi connectivity index (χ3n) is 5.59. The average molecular weight is 406 g/mol. The van der Waals surface area contributed by atoms with Gasteiger partial charge in [-0.25, -0.2) is 0 Å². The number of carbonyl (C=O) groups excluding carboxylic acids is 2. The first-order chi connectivity index (χ1) is 14.6. The van der Waals surface area contributed by atoms with Crippen LogP contribution < -0.4 is 4.74 Å². The van der Waals surface area contributed by atoms with Crippen LogP contribution in [0.15, 0.2) is 54.2 Å². The Balaban J connectivity index is 1.60. The van der Waals surface area contributed by atoms with E-state index in [0.29, 0.717) is 50.5 Å². The van der Waals surface area contributed by atoms with Crippen LogP contribution in [-0.4, -0.2) is 61.6 Å². The number of carbonyl (C=O) groups is 2. The maximum atomic E-state index is 13.3.